The van der Waals surface area contributed by atoms with E-state index in [4.69, 9.17) is 16.3 Å². The predicted octanol–water partition coefficient (Wildman–Crippen LogP) is 2.24. The van der Waals surface area contributed by atoms with Crippen LogP contribution in [0, 0.1) is 0 Å². The third kappa shape index (κ3) is 3.89. The van der Waals surface area contributed by atoms with E-state index in [1.165, 1.54) is 17.2 Å². The number of cyclic esters (lactones) is 1. The van der Waals surface area contributed by atoms with E-state index in [2.05, 4.69) is 4.98 Å². The second-order valence-corrected chi connectivity index (χ2v) is 4.46. The maximum absolute atomic E-state index is 12.6. The van der Waals surface area contributed by atoms with Crippen molar-refractivity contribution >= 4 is 17.6 Å². The van der Waals surface area contributed by atoms with Crippen LogP contribution in [0.25, 0.3) is 0 Å². The fourth-order valence-electron chi connectivity index (χ4n) is 1.76. The maximum Gasteiger partial charge on any atom is 0.333 e. The molecule has 1 aliphatic rings. The number of ether oxygens (including phenoxy) is 1. The fourth-order valence-corrected chi connectivity index (χ4v) is 1.96. The Kier molecular flexibility index (Phi) is 4.31. The molecule has 0 atom stereocenters. The standard InChI is InChI=1S/C12H11ClF2N2O2/c13-9-1-8(3-16-4-9)5-17(6-11(14)15)10-2-12(18)19-7-10/h1-4,11H,5-7H2. The van der Waals surface area contributed by atoms with Crippen molar-refractivity contribution < 1.29 is 18.3 Å². The highest BCUT2D eigenvalue weighted by atomic mass is 35.5. The van der Waals surface area contributed by atoms with Crippen LogP contribution in [-0.2, 0) is 16.1 Å². The Morgan fingerprint density at radius 3 is 2.84 bits per heavy atom. The maximum atomic E-state index is 12.6. The summed E-state index contributed by atoms with van der Waals surface area (Å²) < 4.78 is 29.9. The number of hydrogen-bond donors (Lipinski definition) is 0. The van der Waals surface area contributed by atoms with Gasteiger partial charge in [-0.2, -0.15) is 0 Å². The first-order chi connectivity index (χ1) is 9.04. The second kappa shape index (κ2) is 5.97. The van der Waals surface area contributed by atoms with Crippen LogP contribution in [0.3, 0.4) is 0 Å². The van der Waals surface area contributed by atoms with E-state index in [9.17, 15) is 13.6 Å². The third-order valence-electron chi connectivity index (χ3n) is 2.55. The van der Waals surface area contributed by atoms with Gasteiger partial charge in [-0.3, -0.25) is 4.98 Å². The van der Waals surface area contributed by atoms with Gasteiger partial charge in [0.15, 0.2) is 0 Å². The van der Waals surface area contributed by atoms with Gasteiger partial charge in [0.2, 0.25) is 0 Å². The molecule has 102 valence electrons. The Hall–Kier alpha value is -1.69. The number of carbonyl (C=O) groups excluding carboxylic acids is 1. The van der Waals surface area contributed by atoms with Gasteiger partial charge in [0.1, 0.15) is 6.61 Å². The Bertz CT molecular complexity index is 508. The molecule has 0 unspecified atom stereocenters. The third-order valence-corrected chi connectivity index (χ3v) is 2.75. The molecule has 0 aliphatic carbocycles. The minimum absolute atomic E-state index is 0.0134. The molecule has 1 aliphatic heterocycles. The van der Waals surface area contributed by atoms with E-state index in [0.29, 0.717) is 16.3 Å². The number of esters is 1. The van der Waals surface area contributed by atoms with Gasteiger partial charge < -0.3 is 9.64 Å². The molecule has 1 aromatic heterocycles. The lowest BCUT2D eigenvalue weighted by Crippen LogP contribution is -2.28. The van der Waals surface area contributed by atoms with Gasteiger partial charge in [-0.25, -0.2) is 13.6 Å². The molecule has 0 fully saturated rings. The van der Waals surface area contributed by atoms with Crippen LogP contribution in [0.15, 0.2) is 30.2 Å². The Labute approximate surface area is 113 Å². The summed E-state index contributed by atoms with van der Waals surface area (Å²) in [6.07, 6.45) is 1.72. The van der Waals surface area contributed by atoms with Crippen molar-refractivity contribution in [3.63, 3.8) is 0 Å². The molecule has 0 spiro atoms. The SMILES string of the molecule is O=C1C=C(N(Cc2cncc(Cl)c2)CC(F)F)CO1. The smallest absolute Gasteiger partial charge is 0.333 e. The first-order valence-corrected chi connectivity index (χ1v) is 5.92. The minimum Gasteiger partial charge on any atom is -0.456 e. The van der Waals surface area contributed by atoms with Gasteiger partial charge in [0.25, 0.3) is 6.43 Å². The highest BCUT2D eigenvalue weighted by molar-refractivity contribution is 6.30. The van der Waals surface area contributed by atoms with Gasteiger partial charge in [-0.1, -0.05) is 11.6 Å². The average Bonchev–Trinajstić information content (AvgIpc) is 2.74. The predicted molar refractivity (Wildman–Crippen MR) is 64.7 cm³/mol. The summed E-state index contributed by atoms with van der Waals surface area (Å²) >= 11 is 5.79. The Morgan fingerprint density at radius 1 is 1.47 bits per heavy atom. The van der Waals surface area contributed by atoms with Crippen molar-refractivity contribution in [3.8, 4) is 0 Å². The van der Waals surface area contributed by atoms with Gasteiger partial charge in [0.05, 0.1) is 17.3 Å². The molecule has 4 nitrogen and oxygen atoms in total. The first kappa shape index (κ1) is 13.7. The van der Waals surface area contributed by atoms with Crippen LogP contribution < -0.4 is 0 Å². The molecule has 0 amide bonds. The zero-order chi connectivity index (χ0) is 13.8. The highest BCUT2D eigenvalue weighted by Crippen LogP contribution is 2.18. The molecule has 7 heteroatoms. The molecule has 0 saturated carbocycles. The Morgan fingerprint density at radius 2 is 2.26 bits per heavy atom. The zero-order valence-electron chi connectivity index (χ0n) is 9.85. The summed E-state index contributed by atoms with van der Waals surface area (Å²) in [6.45, 7) is -0.269. The number of carbonyl (C=O) groups is 1. The van der Waals surface area contributed by atoms with Crippen molar-refractivity contribution in [1.29, 1.82) is 0 Å². The van der Waals surface area contributed by atoms with Crippen LogP contribution in [-0.4, -0.2) is 35.4 Å². The number of halogens is 3. The monoisotopic (exact) mass is 288 g/mol. The second-order valence-electron chi connectivity index (χ2n) is 4.03. The van der Waals surface area contributed by atoms with Crippen molar-refractivity contribution in [2.24, 2.45) is 0 Å². The lowest BCUT2D eigenvalue weighted by molar-refractivity contribution is -0.135. The van der Waals surface area contributed by atoms with Crippen molar-refractivity contribution in [2.45, 2.75) is 13.0 Å². The molecule has 2 rings (SSSR count). The number of alkyl halides is 2. The molecule has 19 heavy (non-hydrogen) atoms. The first-order valence-electron chi connectivity index (χ1n) is 5.54. The minimum atomic E-state index is -2.51. The molecule has 1 aromatic rings. The molecule has 2 heterocycles. The summed E-state index contributed by atoms with van der Waals surface area (Å²) in [7, 11) is 0. The number of aromatic nitrogens is 1. The molecule has 0 saturated heterocycles. The summed E-state index contributed by atoms with van der Waals surface area (Å²) in [5, 5.41) is 0.433. The zero-order valence-corrected chi connectivity index (χ0v) is 10.6. The van der Waals surface area contributed by atoms with Crippen LogP contribution in [0.5, 0.6) is 0 Å². The summed E-state index contributed by atoms with van der Waals surface area (Å²) in [5.41, 5.74) is 1.12. The largest absolute Gasteiger partial charge is 0.456 e. The number of rotatable bonds is 5. The van der Waals surface area contributed by atoms with E-state index < -0.39 is 18.9 Å². The van der Waals surface area contributed by atoms with Gasteiger partial charge in [-0.05, 0) is 11.6 Å². The molecule has 0 radical (unpaired) electrons. The van der Waals surface area contributed by atoms with Crippen LogP contribution in [0.1, 0.15) is 5.56 Å². The summed E-state index contributed by atoms with van der Waals surface area (Å²) in [5.74, 6) is -0.515. The van der Waals surface area contributed by atoms with Crippen molar-refractivity contribution in [2.75, 3.05) is 13.2 Å². The Balaban J connectivity index is 2.14. The molecular weight excluding hydrogens is 278 g/mol. The quantitative estimate of drug-likeness (QED) is 0.779. The van der Waals surface area contributed by atoms with E-state index in [1.807, 2.05) is 0 Å². The number of nitrogens with zero attached hydrogens (tertiary/aromatic N) is 2. The topological polar surface area (TPSA) is 42.4 Å². The van der Waals surface area contributed by atoms with Crippen LogP contribution >= 0.6 is 11.6 Å². The molecule has 0 aromatic carbocycles. The van der Waals surface area contributed by atoms with E-state index >= 15 is 0 Å². The summed E-state index contributed by atoms with van der Waals surface area (Å²) in [6, 6.07) is 1.64. The molecular formula is C12H11ClF2N2O2. The van der Waals surface area contributed by atoms with Gasteiger partial charge in [0, 0.05) is 25.0 Å². The molecule has 0 N–H and O–H groups in total. The van der Waals surface area contributed by atoms with Crippen LogP contribution in [0.2, 0.25) is 5.02 Å². The van der Waals surface area contributed by atoms with E-state index in [1.54, 1.807) is 12.3 Å². The highest BCUT2D eigenvalue weighted by Gasteiger charge is 2.22. The lowest BCUT2D eigenvalue weighted by Gasteiger charge is -2.24. The van der Waals surface area contributed by atoms with Gasteiger partial charge in [-0.15, -0.1) is 0 Å². The van der Waals surface area contributed by atoms with Gasteiger partial charge >= 0.3 is 5.97 Å². The van der Waals surface area contributed by atoms with E-state index in [-0.39, 0.29) is 13.2 Å². The fraction of sp³-hybridized carbons (Fsp3) is 0.333. The van der Waals surface area contributed by atoms with Crippen molar-refractivity contribution in [1.82, 2.24) is 9.88 Å². The lowest BCUT2D eigenvalue weighted by atomic mass is 10.2. The number of pyridine rings is 1. The van der Waals surface area contributed by atoms with Crippen LogP contribution in [0.4, 0.5) is 8.78 Å². The average molecular weight is 289 g/mol. The van der Waals surface area contributed by atoms with E-state index in [0.717, 1.165) is 0 Å². The number of hydrogen-bond acceptors (Lipinski definition) is 4. The normalized spacial score (nSPS) is 14.5. The van der Waals surface area contributed by atoms with Crippen molar-refractivity contribution in [3.05, 3.63) is 40.8 Å². The summed E-state index contributed by atoms with van der Waals surface area (Å²) in [4.78, 5) is 16.3. The molecule has 0 bridgehead atoms.